The lowest BCUT2D eigenvalue weighted by molar-refractivity contribution is 0.610. The zero-order chi connectivity index (χ0) is 20.8. The second-order valence-electron chi connectivity index (χ2n) is 7.49. The fourth-order valence-corrected chi connectivity index (χ4v) is 4.16. The van der Waals surface area contributed by atoms with E-state index in [-0.39, 0.29) is 5.56 Å². The summed E-state index contributed by atoms with van der Waals surface area (Å²) in [6, 6.07) is 8.35. The van der Waals surface area contributed by atoms with Gasteiger partial charge >= 0.3 is 0 Å². The van der Waals surface area contributed by atoms with Crippen molar-refractivity contribution in [2.45, 2.75) is 52.6 Å². The maximum Gasteiger partial charge on any atom is 0.275 e. The van der Waals surface area contributed by atoms with Crippen molar-refractivity contribution >= 4 is 27.7 Å². The van der Waals surface area contributed by atoms with Crippen molar-refractivity contribution in [3.8, 4) is 0 Å². The van der Waals surface area contributed by atoms with Crippen molar-refractivity contribution < 1.29 is 4.21 Å². The highest BCUT2D eigenvalue weighted by Gasteiger charge is 2.09. The number of rotatable bonds is 10. The molecule has 0 aliphatic carbocycles. The van der Waals surface area contributed by atoms with E-state index < -0.39 is 10.8 Å². The minimum absolute atomic E-state index is 0.129. The summed E-state index contributed by atoms with van der Waals surface area (Å²) in [7, 11) is -0.735. The molecule has 7 heteroatoms. The van der Waals surface area contributed by atoms with Crippen molar-refractivity contribution in [1.29, 1.82) is 0 Å². The third kappa shape index (κ3) is 5.56. The van der Waals surface area contributed by atoms with E-state index >= 15 is 0 Å². The summed E-state index contributed by atoms with van der Waals surface area (Å²) in [6.07, 6.45) is 7.35. The maximum absolute atomic E-state index is 12.6. The molecule has 0 saturated carbocycles. The number of hydrogen-bond acceptors (Lipinski definition) is 4. The lowest BCUT2D eigenvalue weighted by Gasteiger charge is -2.10. The van der Waals surface area contributed by atoms with E-state index in [1.165, 1.54) is 16.7 Å². The predicted octanol–water partition coefficient (Wildman–Crippen LogP) is 3.76. The Kier molecular flexibility index (Phi) is 7.25. The quantitative estimate of drug-likeness (QED) is 0.495. The zero-order valence-electron chi connectivity index (χ0n) is 17.5. The Labute approximate surface area is 174 Å². The van der Waals surface area contributed by atoms with Crippen LogP contribution in [0.4, 0.5) is 5.82 Å². The number of unbranched alkanes of at least 4 members (excludes halogenated alkanes) is 2. The predicted molar refractivity (Wildman–Crippen MR) is 121 cm³/mol. The molecule has 1 unspecified atom stereocenters. The summed E-state index contributed by atoms with van der Waals surface area (Å²) < 4.78 is 13.0. The van der Waals surface area contributed by atoms with Gasteiger partial charge in [-0.15, -0.1) is 0 Å². The molecule has 2 heterocycles. The number of benzene rings is 1. The largest absolute Gasteiger partial charge is 0.367 e. The molecule has 29 heavy (non-hydrogen) atoms. The van der Waals surface area contributed by atoms with Crippen LogP contribution < -0.4 is 10.9 Å². The number of imidazole rings is 1. The van der Waals surface area contributed by atoms with Gasteiger partial charge in [-0.25, -0.2) is 4.98 Å². The number of aromatic nitrogens is 3. The Hall–Kier alpha value is -2.41. The van der Waals surface area contributed by atoms with Gasteiger partial charge in [-0.1, -0.05) is 31.5 Å². The molecule has 0 fully saturated rings. The number of fused-ring (bicyclic) bond motifs is 1. The minimum atomic E-state index is -0.735. The van der Waals surface area contributed by atoms with E-state index in [9.17, 15) is 9.00 Å². The molecule has 0 amide bonds. The van der Waals surface area contributed by atoms with Crippen molar-refractivity contribution in [2.24, 2.45) is 0 Å². The average Bonchev–Trinajstić information content (AvgIpc) is 3.10. The molecule has 0 bridgehead atoms. The van der Waals surface area contributed by atoms with Gasteiger partial charge in [0.15, 0.2) is 0 Å². The first-order chi connectivity index (χ1) is 14.0. The van der Waals surface area contributed by atoms with E-state index in [1.54, 1.807) is 12.6 Å². The molecule has 0 spiro atoms. The van der Waals surface area contributed by atoms with Crippen molar-refractivity contribution in [3.63, 3.8) is 0 Å². The zero-order valence-corrected chi connectivity index (χ0v) is 18.3. The topological polar surface area (TPSA) is 79.8 Å². The molecule has 0 aliphatic rings. The summed E-state index contributed by atoms with van der Waals surface area (Å²) >= 11 is 0. The van der Waals surface area contributed by atoms with Crippen LogP contribution in [-0.4, -0.2) is 30.8 Å². The van der Waals surface area contributed by atoms with E-state index in [1.807, 2.05) is 10.6 Å². The molecular formula is C22H30N4O2S. The van der Waals surface area contributed by atoms with Gasteiger partial charge in [0.05, 0.1) is 11.8 Å². The van der Waals surface area contributed by atoms with Crippen LogP contribution in [0.25, 0.3) is 11.0 Å². The molecule has 0 radical (unpaired) electrons. The second kappa shape index (κ2) is 9.87. The van der Waals surface area contributed by atoms with Crippen LogP contribution in [-0.2, 0) is 30.3 Å². The molecule has 2 aromatic heterocycles. The van der Waals surface area contributed by atoms with Gasteiger partial charge in [0.1, 0.15) is 11.3 Å². The van der Waals surface area contributed by atoms with Crippen LogP contribution in [0, 0.1) is 6.92 Å². The van der Waals surface area contributed by atoms with Crippen LogP contribution in [0.15, 0.2) is 35.4 Å². The second-order valence-corrected chi connectivity index (χ2v) is 9.04. The van der Waals surface area contributed by atoms with Gasteiger partial charge in [0, 0.05) is 42.0 Å². The number of nitrogens with one attached hydrogen (secondary N) is 2. The average molecular weight is 415 g/mol. The summed E-state index contributed by atoms with van der Waals surface area (Å²) in [5.41, 5.74) is 5.02. The molecule has 3 rings (SSSR count). The Balaban J connectivity index is 1.66. The number of nitrogens with zero attached hydrogens (tertiary/aromatic N) is 2. The van der Waals surface area contributed by atoms with Crippen LogP contribution in [0.2, 0.25) is 0 Å². The fraction of sp³-hybridized carbons (Fsp3) is 0.455. The monoisotopic (exact) mass is 414 g/mol. The molecule has 2 N–H and O–H groups in total. The summed E-state index contributed by atoms with van der Waals surface area (Å²) in [5.74, 6) is 1.41. The first-order valence-corrected chi connectivity index (χ1v) is 11.9. The molecule has 1 aromatic carbocycles. The van der Waals surface area contributed by atoms with Crippen LogP contribution >= 0.6 is 0 Å². The highest BCUT2D eigenvalue weighted by atomic mass is 32.2. The molecule has 1 atom stereocenters. The van der Waals surface area contributed by atoms with E-state index in [0.29, 0.717) is 23.4 Å². The molecule has 156 valence electrons. The van der Waals surface area contributed by atoms with Crippen LogP contribution in [0.5, 0.6) is 0 Å². The van der Waals surface area contributed by atoms with Gasteiger partial charge in [-0.05, 0) is 42.9 Å². The van der Waals surface area contributed by atoms with Gasteiger partial charge in [0.2, 0.25) is 0 Å². The highest BCUT2D eigenvalue weighted by molar-refractivity contribution is 7.84. The Morgan fingerprint density at radius 1 is 1.21 bits per heavy atom. The van der Waals surface area contributed by atoms with Crippen molar-refractivity contribution in [1.82, 2.24) is 14.5 Å². The third-order valence-electron chi connectivity index (χ3n) is 5.22. The van der Waals surface area contributed by atoms with Gasteiger partial charge in [-0.3, -0.25) is 9.00 Å². The first-order valence-electron chi connectivity index (χ1n) is 10.2. The lowest BCUT2D eigenvalue weighted by atomic mass is 10.0. The fourth-order valence-electron chi connectivity index (χ4n) is 3.55. The molecule has 6 nitrogen and oxygen atoms in total. The van der Waals surface area contributed by atoms with Crippen LogP contribution in [0.1, 0.15) is 42.9 Å². The number of hydrogen-bond donors (Lipinski definition) is 2. The van der Waals surface area contributed by atoms with Gasteiger partial charge in [-0.2, -0.15) is 0 Å². The Morgan fingerprint density at radius 2 is 2.03 bits per heavy atom. The number of H-pyrrole nitrogens is 1. The van der Waals surface area contributed by atoms with Crippen molar-refractivity contribution in [3.05, 3.63) is 57.6 Å². The number of anilines is 1. The SMILES string of the molecule is CCc1cc(CNc2cc3ncn(CCCCCS(C)=O)c3c(=O)[nH]2)ccc1C. The smallest absolute Gasteiger partial charge is 0.275 e. The summed E-state index contributed by atoms with van der Waals surface area (Å²) in [5, 5.41) is 3.31. The van der Waals surface area contributed by atoms with Gasteiger partial charge < -0.3 is 14.9 Å². The molecular weight excluding hydrogens is 384 g/mol. The Morgan fingerprint density at radius 3 is 2.79 bits per heavy atom. The molecule has 0 saturated heterocycles. The normalized spacial score (nSPS) is 12.4. The van der Waals surface area contributed by atoms with Crippen molar-refractivity contribution in [2.75, 3.05) is 17.3 Å². The molecule has 0 aliphatic heterocycles. The summed E-state index contributed by atoms with van der Waals surface area (Å²) in [4.78, 5) is 20.0. The minimum Gasteiger partial charge on any atom is -0.367 e. The maximum atomic E-state index is 12.6. The van der Waals surface area contributed by atoms with Gasteiger partial charge in [0.25, 0.3) is 5.56 Å². The van der Waals surface area contributed by atoms with E-state index in [2.05, 4.69) is 47.3 Å². The summed E-state index contributed by atoms with van der Waals surface area (Å²) in [6.45, 7) is 5.68. The lowest BCUT2D eigenvalue weighted by Crippen LogP contribution is -2.14. The first kappa shape index (κ1) is 21.3. The highest BCUT2D eigenvalue weighted by Crippen LogP contribution is 2.16. The van der Waals surface area contributed by atoms with E-state index in [0.717, 1.165) is 38.0 Å². The Bertz CT molecular complexity index is 1050. The molecule has 3 aromatic rings. The van der Waals surface area contributed by atoms with Crippen LogP contribution in [0.3, 0.4) is 0 Å². The number of aryl methyl sites for hydroxylation is 3. The number of aromatic amines is 1. The van der Waals surface area contributed by atoms with E-state index in [4.69, 9.17) is 0 Å². The number of pyridine rings is 1. The standard InChI is InChI=1S/C22H30N4O2S/c1-4-18-12-17(9-8-16(18)2)14-23-20-13-19-21(22(27)25-20)26(15-24-19)10-6-5-7-11-29(3)28/h8-9,12-13,15H,4-7,10-11,14H2,1-3H3,(H2,23,25,27). The third-order valence-corrected chi connectivity index (χ3v) is 6.08.